The Kier molecular flexibility index (Phi) is 2.65. The number of fused-ring (bicyclic) bond motifs is 3. The first-order chi connectivity index (χ1) is 11.7. The molecule has 0 N–H and O–H groups in total. The van der Waals surface area contributed by atoms with Gasteiger partial charge in [0.25, 0.3) is 5.56 Å². The number of pyridine rings is 1. The lowest BCUT2D eigenvalue weighted by Gasteiger charge is -2.05. The lowest BCUT2D eigenvalue weighted by atomic mass is 10.1. The van der Waals surface area contributed by atoms with Gasteiger partial charge in [-0.15, -0.1) is 10.2 Å². The molecule has 0 amide bonds. The molecule has 1 aliphatic rings. The molecule has 1 aromatic carbocycles. The van der Waals surface area contributed by atoms with Crippen molar-refractivity contribution < 1.29 is 0 Å². The van der Waals surface area contributed by atoms with Gasteiger partial charge in [-0.2, -0.15) is 5.10 Å². The number of nitrogens with zero attached hydrogens (tertiary/aromatic N) is 5. The molecule has 0 radical (unpaired) electrons. The molecule has 0 aliphatic heterocycles. The van der Waals surface area contributed by atoms with Crippen molar-refractivity contribution in [3.8, 4) is 11.1 Å². The van der Waals surface area contributed by atoms with Gasteiger partial charge in [-0.1, -0.05) is 30.3 Å². The summed E-state index contributed by atoms with van der Waals surface area (Å²) in [5.41, 5.74) is 4.54. The van der Waals surface area contributed by atoms with Crippen molar-refractivity contribution in [2.75, 3.05) is 0 Å². The van der Waals surface area contributed by atoms with Crippen molar-refractivity contribution in [1.82, 2.24) is 24.4 Å². The molecule has 6 nitrogen and oxygen atoms in total. The van der Waals surface area contributed by atoms with Crippen molar-refractivity contribution in [1.29, 1.82) is 0 Å². The van der Waals surface area contributed by atoms with Gasteiger partial charge in [-0.25, -0.2) is 4.52 Å². The molecule has 6 heteroatoms. The molecular weight excluding hydrogens is 302 g/mol. The van der Waals surface area contributed by atoms with Gasteiger partial charge in [0, 0.05) is 12.2 Å². The zero-order valence-electron chi connectivity index (χ0n) is 13.2. The number of hydrogen-bond acceptors (Lipinski definition) is 4. The topological polar surface area (TPSA) is 65.1 Å². The first kappa shape index (κ1) is 13.4. The number of rotatable bonds is 2. The highest BCUT2D eigenvalue weighted by molar-refractivity contribution is 5.84. The normalized spacial score (nSPS) is 14.5. The minimum absolute atomic E-state index is 0.0844. The van der Waals surface area contributed by atoms with Crippen molar-refractivity contribution in [2.45, 2.75) is 25.8 Å². The fraction of sp³-hybridized carbons (Fsp3) is 0.222. The Morgan fingerprint density at radius 2 is 1.88 bits per heavy atom. The second-order valence-corrected chi connectivity index (χ2v) is 6.26. The van der Waals surface area contributed by atoms with E-state index in [0.29, 0.717) is 22.7 Å². The van der Waals surface area contributed by atoms with E-state index in [1.54, 1.807) is 9.08 Å². The van der Waals surface area contributed by atoms with Crippen molar-refractivity contribution in [3.63, 3.8) is 0 Å². The van der Waals surface area contributed by atoms with E-state index in [1.165, 1.54) is 0 Å². The van der Waals surface area contributed by atoms with Crippen LogP contribution in [0.15, 0.2) is 47.4 Å². The molecule has 0 unspecified atom stereocenters. The predicted molar refractivity (Wildman–Crippen MR) is 91.0 cm³/mol. The van der Waals surface area contributed by atoms with E-state index in [2.05, 4.69) is 15.3 Å². The van der Waals surface area contributed by atoms with Gasteiger partial charge in [0.05, 0.1) is 11.3 Å². The number of hydrogen-bond donors (Lipinski definition) is 0. The first-order valence-corrected chi connectivity index (χ1v) is 8.06. The zero-order chi connectivity index (χ0) is 16.3. The summed E-state index contributed by atoms with van der Waals surface area (Å²) in [4.78, 5) is 12.6. The molecule has 0 saturated heterocycles. The van der Waals surface area contributed by atoms with Gasteiger partial charge < -0.3 is 4.57 Å². The zero-order valence-corrected chi connectivity index (χ0v) is 13.2. The van der Waals surface area contributed by atoms with Crippen LogP contribution in [0.5, 0.6) is 0 Å². The molecule has 24 heavy (non-hydrogen) atoms. The molecule has 3 heterocycles. The second-order valence-electron chi connectivity index (χ2n) is 6.26. The molecule has 3 aromatic heterocycles. The summed E-state index contributed by atoms with van der Waals surface area (Å²) < 4.78 is 3.50. The standard InChI is InChI=1S/C18H15N5O/c1-11-15(12-5-3-2-4-6-12)17-20-19-16-14(23(17)21-11)9-10-22(18(16)24)13-7-8-13/h2-6,9-10,13H,7-8H2,1H3. The number of aromatic nitrogens is 5. The molecule has 4 aromatic rings. The van der Waals surface area contributed by atoms with Gasteiger partial charge in [0.1, 0.15) is 5.52 Å². The van der Waals surface area contributed by atoms with Crippen molar-refractivity contribution in [3.05, 3.63) is 58.6 Å². The molecular formula is C18H15N5O. The highest BCUT2D eigenvalue weighted by Gasteiger charge is 2.26. The van der Waals surface area contributed by atoms with Gasteiger partial charge in [-0.3, -0.25) is 4.79 Å². The second kappa shape index (κ2) is 4.74. The van der Waals surface area contributed by atoms with Crippen LogP contribution in [-0.4, -0.2) is 24.4 Å². The Morgan fingerprint density at radius 1 is 1.08 bits per heavy atom. The Hall–Kier alpha value is -3.02. The maximum atomic E-state index is 12.6. The number of benzene rings is 1. The van der Waals surface area contributed by atoms with E-state index in [0.717, 1.165) is 29.7 Å². The summed E-state index contributed by atoms with van der Waals surface area (Å²) in [6.07, 6.45) is 3.96. The van der Waals surface area contributed by atoms with Gasteiger partial charge >= 0.3 is 0 Å². The molecule has 1 aliphatic carbocycles. The van der Waals surface area contributed by atoms with Crippen molar-refractivity contribution >= 4 is 16.7 Å². The van der Waals surface area contributed by atoms with Crippen LogP contribution in [0.3, 0.4) is 0 Å². The van der Waals surface area contributed by atoms with Crippen LogP contribution in [-0.2, 0) is 0 Å². The lowest BCUT2D eigenvalue weighted by molar-refractivity contribution is 0.709. The molecule has 1 saturated carbocycles. The van der Waals surface area contributed by atoms with Crippen LogP contribution in [0.1, 0.15) is 24.6 Å². The molecule has 5 rings (SSSR count). The van der Waals surface area contributed by atoms with E-state index in [4.69, 9.17) is 0 Å². The smallest absolute Gasteiger partial charge is 0.280 e. The fourth-order valence-electron chi connectivity index (χ4n) is 3.25. The Morgan fingerprint density at radius 3 is 2.62 bits per heavy atom. The summed E-state index contributed by atoms with van der Waals surface area (Å²) in [5, 5.41) is 13.2. The van der Waals surface area contributed by atoms with E-state index in [-0.39, 0.29) is 5.56 Å². The molecule has 1 fully saturated rings. The molecule has 0 spiro atoms. The summed E-state index contributed by atoms with van der Waals surface area (Å²) in [5.74, 6) is 0. The quantitative estimate of drug-likeness (QED) is 0.570. The SMILES string of the molecule is Cc1nn2c(nnc3c(=O)n(C4CC4)ccc32)c1-c1ccccc1. The highest BCUT2D eigenvalue weighted by atomic mass is 16.1. The molecule has 0 bridgehead atoms. The van der Waals surface area contributed by atoms with Crippen LogP contribution >= 0.6 is 0 Å². The first-order valence-electron chi connectivity index (χ1n) is 8.06. The fourth-order valence-corrected chi connectivity index (χ4v) is 3.25. The van der Waals surface area contributed by atoms with E-state index < -0.39 is 0 Å². The maximum Gasteiger partial charge on any atom is 0.280 e. The van der Waals surface area contributed by atoms with Crippen LogP contribution in [0.25, 0.3) is 27.8 Å². The maximum absolute atomic E-state index is 12.6. The molecule has 0 atom stereocenters. The third kappa shape index (κ3) is 1.83. The minimum atomic E-state index is -0.0844. The third-order valence-corrected chi connectivity index (χ3v) is 4.58. The average molecular weight is 317 g/mol. The van der Waals surface area contributed by atoms with Crippen LogP contribution in [0.4, 0.5) is 0 Å². The molecule has 118 valence electrons. The van der Waals surface area contributed by atoms with E-state index in [1.807, 2.05) is 49.5 Å². The predicted octanol–water partition coefficient (Wildman–Crippen LogP) is 2.75. The third-order valence-electron chi connectivity index (χ3n) is 4.58. The van der Waals surface area contributed by atoms with Crippen LogP contribution in [0, 0.1) is 6.92 Å². The summed E-state index contributed by atoms with van der Waals surface area (Å²) in [7, 11) is 0. The minimum Gasteiger partial charge on any atom is -0.310 e. The largest absolute Gasteiger partial charge is 0.310 e. The van der Waals surface area contributed by atoms with Gasteiger partial charge in [0.2, 0.25) is 0 Å². The number of aryl methyl sites for hydroxylation is 1. The average Bonchev–Trinajstić information content (AvgIpc) is 3.38. The highest BCUT2D eigenvalue weighted by Crippen LogP contribution is 2.34. The monoisotopic (exact) mass is 317 g/mol. The van der Waals surface area contributed by atoms with Crippen LogP contribution < -0.4 is 5.56 Å². The summed E-state index contributed by atoms with van der Waals surface area (Å²) >= 11 is 0. The van der Waals surface area contributed by atoms with E-state index >= 15 is 0 Å². The van der Waals surface area contributed by atoms with Crippen LogP contribution in [0.2, 0.25) is 0 Å². The Labute approximate surface area is 137 Å². The lowest BCUT2D eigenvalue weighted by Crippen LogP contribution is -2.20. The van der Waals surface area contributed by atoms with E-state index in [9.17, 15) is 4.79 Å². The van der Waals surface area contributed by atoms with Crippen molar-refractivity contribution in [2.24, 2.45) is 0 Å². The summed E-state index contributed by atoms with van der Waals surface area (Å²) in [6, 6.07) is 12.2. The van der Waals surface area contributed by atoms with Gasteiger partial charge in [0.15, 0.2) is 11.2 Å². The Balaban J connectivity index is 1.84. The summed E-state index contributed by atoms with van der Waals surface area (Å²) in [6.45, 7) is 1.95. The Bertz CT molecular complexity index is 1140. The van der Waals surface area contributed by atoms with Gasteiger partial charge in [-0.05, 0) is 31.4 Å².